The van der Waals surface area contributed by atoms with E-state index in [1.807, 2.05) is 36.4 Å². The maximum atomic E-state index is 11.3. The first kappa shape index (κ1) is 41.3. The summed E-state index contributed by atoms with van der Waals surface area (Å²) in [4.78, 5) is 26.3. The van der Waals surface area contributed by atoms with Gasteiger partial charge in [-0.25, -0.2) is 26.8 Å². The lowest BCUT2D eigenvalue weighted by molar-refractivity contribution is 0.605. The molecule has 0 aliphatic carbocycles. The molecule has 0 amide bonds. The SMILES string of the molecule is CNc1nc(NCc2ccc(NS(C)(=O)=O)cc2Cl)cc(-c2ccccn2)n1.CNc1nc(NCc2ccc(NS(C)(=O)=O)cc2Cl)cc(-c2ccccn2)n1. The second kappa shape index (κ2) is 18.7. The van der Waals surface area contributed by atoms with Crippen LogP contribution in [0.25, 0.3) is 22.8 Å². The quantitative estimate of drug-likeness (QED) is 0.0697. The molecule has 0 fully saturated rings. The third-order valence-corrected chi connectivity index (χ3v) is 9.30. The molecule has 0 radical (unpaired) electrons. The van der Waals surface area contributed by atoms with E-state index < -0.39 is 20.0 Å². The molecule has 0 unspecified atom stereocenters. The van der Waals surface area contributed by atoms with E-state index in [0.29, 0.717) is 69.4 Å². The molecule has 20 heteroatoms. The van der Waals surface area contributed by atoms with Crippen LogP contribution in [-0.4, -0.2) is 73.3 Å². The van der Waals surface area contributed by atoms with Crippen molar-refractivity contribution in [3.8, 4) is 22.8 Å². The Morgan fingerprint density at radius 3 is 1.27 bits per heavy atom. The van der Waals surface area contributed by atoms with Crippen LogP contribution in [0.2, 0.25) is 10.0 Å². The predicted octanol–water partition coefficient (Wildman–Crippen LogP) is 6.43. The number of anilines is 6. The minimum absolute atomic E-state index is 0.403. The molecule has 0 saturated carbocycles. The van der Waals surface area contributed by atoms with Gasteiger partial charge >= 0.3 is 0 Å². The second-order valence-electron chi connectivity index (χ2n) is 11.9. The van der Waals surface area contributed by atoms with Gasteiger partial charge in [0.2, 0.25) is 31.9 Å². The van der Waals surface area contributed by atoms with Crippen LogP contribution in [-0.2, 0) is 33.1 Å². The molecule has 4 aromatic heterocycles. The van der Waals surface area contributed by atoms with Gasteiger partial charge in [-0.05, 0) is 59.7 Å². The fourth-order valence-corrected chi connectivity index (χ4v) is 6.50. The minimum Gasteiger partial charge on any atom is -0.366 e. The molecule has 0 aliphatic heterocycles. The molecule has 0 bridgehead atoms. The molecular formula is C36H38Cl2N12O4S2. The van der Waals surface area contributed by atoms with Crippen LogP contribution in [0.15, 0.2) is 97.3 Å². The first-order chi connectivity index (χ1) is 26.7. The monoisotopic (exact) mass is 836 g/mol. The van der Waals surface area contributed by atoms with Gasteiger partial charge < -0.3 is 21.3 Å². The summed E-state index contributed by atoms with van der Waals surface area (Å²) in [7, 11) is -3.23. The molecule has 16 nitrogen and oxygen atoms in total. The van der Waals surface area contributed by atoms with Crippen molar-refractivity contribution in [1.82, 2.24) is 29.9 Å². The Labute approximate surface area is 335 Å². The topological polar surface area (TPSA) is 218 Å². The summed E-state index contributed by atoms with van der Waals surface area (Å²) in [6.45, 7) is 0.805. The van der Waals surface area contributed by atoms with Crippen LogP contribution in [0.3, 0.4) is 0 Å². The van der Waals surface area contributed by atoms with Gasteiger partial charge in [-0.2, -0.15) is 9.97 Å². The Bertz CT molecular complexity index is 2330. The lowest BCUT2D eigenvalue weighted by Crippen LogP contribution is -2.10. The van der Waals surface area contributed by atoms with E-state index in [0.717, 1.165) is 35.0 Å². The first-order valence-corrected chi connectivity index (χ1v) is 21.2. The van der Waals surface area contributed by atoms with Gasteiger partial charge in [-0.15, -0.1) is 0 Å². The van der Waals surface area contributed by atoms with E-state index in [9.17, 15) is 16.8 Å². The smallest absolute Gasteiger partial charge is 0.229 e. The number of hydrogen-bond donors (Lipinski definition) is 6. The van der Waals surface area contributed by atoms with E-state index in [4.69, 9.17) is 23.2 Å². The summed E-state index contributed by atoms with van der Waals surface area (Å²) in [5.74, 6) is 2.14. The predicted molar refractivity (Wildman–Crippen MR) is 224 cm³/mol. The van der Waals surface area contributed by atoms with E-state index >= 15 is 0 Å². The Hall–Kier alpha value is -5.82. The molecule has 6 rings (SSSR count). The highest BCUT2D eigenvalue weighted by Gasteiger charge is 2.11. The number of halogens is 2. The lowest BCUT2D eigenvalue weighted by Gasteiger charge is -2.12. The van der Waals surface area contributed by atoms with Gasteiger partial charge in [0.1, 0.15) is 11.6 Å². The number of nitrogens with one attached hydrogen (secondary N) is 6. The third kappa shape index (κ3) is 12.6. The van der Waals surface area contributed by atoms with Crippen LogP contribution < -0.4 is 30.7 Å². The number of hydrogen-bond acceptors (Lipinski definition) is 14. The Balaban J connectivity index is 0.000000214. The maximum absolute atomic E-state index is 11.3. The molecule has 2 aromatic carbocycles. The molecule has 0 aliphatic rings. The lowest BCUT2D eigenvalue weighted by atomic mass is 10.2. The molecule has 0 spiro atoms. The Morgan fingerprint density at radius 1 is 0.536 bits per heavy atom. The van der Waals surface area contributed by atoms with Crippen LogP contribution in [0.4, 0.5) is 34.9 Å². The van der Waals surface area contributed by atoms with E-state index in [1.54, 1.807) is 75.0 Å². The van der Waals surface area contributed by atoms with Crippen LogP contribution >= 0.6 is 23.2 Å². The molecule has 0 saturated heterocycles. The number of sulfonamides is 2. The van der Waals surface area contributed by atoms with Crippen molar-refractivity contribution in [2.24, 2.45) is 0 Å². The van der Waals surface area contributed by atoms with Gasteiger partial charge in [0.05, 0.1) is 35.3 Å². The summed E-state index contributed by atoms with van der Waals surface area (Å²) in [6.07, 6.45) is 5.58. The van der Waals surface area contributed by atoms with Crippen LogP contribution in [0, 0.1) is 0 Å². The average molecular weight is 838 g/mol. The van der Waals surface area contributed by atoms with E-state index in [-0.39, 0.29) is 0 Å². The number of benzene rings is 2. The molecular weight excluding hydrogens is 800 g/mol. The highest BCUT2D eigenvalue weighted by atomic mass is 35.5. The normalized spacial score (nSPS) is 11.1. The maximum Gasteiger partial charge on any atom is 0.229 e. The zero-order valence-electron chi connectivity index (χ0n) is 30.5. The van der Waals surface area contributed by atoms with Crippen molar-refractivity contribution in [2.75, 3.05) is 57.3 Å². The van der Waals surface area contributed by atoms with Gasteiger partial charge in [0.25, 0.3) is 0 Å². The van der Waals surface area contributed by atoms with Gasteiger partial charge in [0.15, 0.2) is 0 Å². The van der Waals surface area contributed by atoms with Crippen molar-refractivity contribution in [1.29, 1.82) is 0 Å². The molecule has 56 heavy (non-hydrogen) atoms. The Morgan fingerprint density at radius 2 is 0.946 bits per heavy atom. The number of rotatable bonds is 14. The highest BCUT2D eigenvalue weighted by molar-refractivity contribution is 7.92. The fourth-order valence-electron chi connectivity index (χ4n) is 4.90. The standard InChI is InChI=1S/2C18H19ClN6O2S/c2*1-20-18-23-16(15-5-3-4-8-21-15)10-17(24-18)22-11-12-6-7-13(9-14(12)19)25-28(2,26)27/h2*3-10,25H,11H2,1-2H3,(H2,20,22,23,24). The fraction of sp³-hybridized carbons (Fsp3) is 0.167. The van der Waals surface area contributed by atoms with Crippen LogP contribution in [0.1, 0.15) is 11.1 Å². The zero-order chi connectivity index (χ0) is 40.3. The van der Waals surface area contributed by atoms with Crippen molar-refractivity contribution in [3.05, 3.63) is 118 Å². The van der Waals surface area contributed by atoms with Gasteiger partial charge in [-0.3, -0.25) is 19.4 Å². The first-order valence-electron chi connectivity index (χ1n) is 16.6. The van der Waals surface area contributed by atoms with Crippen LogP contribution in [0.5, 0.6) is 0 Å². The molecule has 0 atom stereocenters. The number of nitrogens with zero attached hydrogens (tertiary/aromatic N) is 6. The molecule has 6 aromatic rings. The highest BCUT2D eigenvalue weighted by Crippen LogP contribution is 2.26. The van der Waals surface area contributed by atoms with Crippen molar-refractivity contribution < 1.29 is 16.8 Å². The third-order valence-electron chi connectivity index (χ3n) is 7.39. The summed E-state index contributed by atoms with van der Waals surface area (Å²) >= 11 is 12.6. The summed E-state index contributed by atoms with van der Waals surface area (Å²) in [5, 5.41) is 13.2. The molecule has 4 heterocycles. The molecule has 292 valence electrons. The largest absolute Gasteiger partial charge is 0.366 e. The van der Waals surface area contributed by atoms with E-state index in [2.05, 4.69) is 60.6 Å². The van der Waals surface area contributed by atoms with Crippen molar-refractivity contribution in [3.63, 3.8) is 0 Å². The number of pyridine rings is 2. The number of aromatic nitrogens is 6. The average Bonchev–Trinajstić information content (AvgIpc) is 3.16. The van der Waals surface area contributed by atoms with Gasteiger partial charge in [-0.1, -0.05) is 47.5 Å². The zero-order valence-corrected chi connectivity index (χ0v) is 33.7. The summed E-state index contributed by atoms with van der Waals surface area (Å²) < 4.78 is 50.1. The summed E-state index contributed by atoms with van der Waals surface area (Å²) in [5.41, 5.74) is 5.25. The Kier molecular flexibility index (Phi) is 13.8. The van der Waals surface area contributed by atoms with Crippen molar-refractivity contribution in [2.45, 2.75) is 13.1 Å². The minimum atomic E-state index is -3.35. The molecule has 6 N–H and O–H groups in total. The summed E-state index contributed by atoms with van der Waals surface area (Å²) in [6, 6.07) is 24.8. The second-order valence-corrected chi connectivity index (χ2v) is 16.2. The van der Waals surface area contributed by atoms with E-state index in [1.165, 1.54) is 0 Å². The van der Waals surface area contributed by atoms with Crippen molar-refractivity contribution >= 4 is 78.2 Å². The van der Waals surface area contributed by atoms with Gasteiger partial charge in [0, 0.05) is 73.1 Å².